The number of rotatable bonds is 3. The summed E-state index contributed by atoms with van der Waals surface area (Å²) in [7, 11) is 0. The van der Waals surface area contributed by atoms with Gasteiger partial charge in [0.25, 0.3) is 0 Å². The lowest BCUT2D eigenvalue weighted by molar-refractivity contribution is -0.126. The number of carbonyl (C=O) groups is 1. The molecule has 0 saturated carbocycles. The minimum absolute atomic E-state index is 0.00422. The topological polar surface area (TPSA) is 49.3 Å². The van der Waals surface area contributed by atoms with E-state index in [4.69, 9.17) is 11.6 Å². The molecule has 0 bridgehead atoms. The molecule has 2 aromatic rings. The van der Waals surface area contributed by atoms with Crippen LogP contribution in [-0.4, -0.2) is 47.2 Å². The third kappa shape index (κ3) is 3.92. The van der Waals surface area contributed by atoms with E-state index in [1.54, 1.807) is 12.2 Å². The van der Waals surface area contributed by atoms with Gasteiger partial charge in [0.2, 0.25) is 5.91 Å². The van der Waals surface area contributed by atoms with Crippen molar-refractivity contribution in [3.8, 4) is 0 Å². The number of carbonyl (C=O) groups excluding carboxylic acids is 1. The van der Waals surface area contributed by atoms with Crippen molar-refractivity contribution < 1.29 is 4.79 Å². The predicted octanol–water partition coefficient (Wildman–Crippen LogP) is 2.80. The Morgan fingerprint density at radius 2 is 1.83 bits per heavy atom. The van der Waals surface area contributed by atoms with Crippen molar-refractivity contribution in [3.63, 3.8) is 0 Å². The van der Waals surface area contributed by atoms with Gasteiger partial charge in [-0.2, -0.15) is 5.10 Å². The van der Waals surface area contributed by atoms with Crippen molar-refractivity contribution in [2.24, 2.45) is 0 Å². The van der Waals surface area contributed by atoms with Crippen molar-refractivity contribution in [2.45, 2.75) is 6.92 Å². The largest absolute Gasteiger partial charge is 0.352 e. The van der Waals surface area contributed by atoms with Crippen LogP contribution in [0.15, 0.2) is 42.5 Å². The lowest BCUT2D eigenvalue weighted by atomic mass is 10.2. The van der Waals surface area contributed by atoms with Crippen molar-refractivity contribution >= 4 is 29.4 Å². The fourth-order valence-electron chi connectivity index (χ4n) is 2.59. The Kier molecular flexibility index (Phi) is 5.11. The molecule has 1 fully saturated rings. The summed E-state index contributed by atoms with van der Waals surface area (Å²) < 4.78 is 0. The fraction of sp³-hybridized carbons (Fsp3) is 0.278. The number of benzene rings is 1. The van der Waals surface area contributed by atoms with Crippen LogP contribution in [0.4, 0.5) is 5.82 Å². The Morgan fingerprint density at radius 1 is 1.08 bits per heavy atom. The Bertz CT molecular complexity index is 737. The number of halogens is 1. The van der Waals surface area contributed by atoms with E-state index in [0.717, 1.165) is 30.2 Å². The number of nitrogens with zero attached hydrogens (tertiary/aromatic N) is 4. The van der Waals surface area contributed by atoms with Gasteiger partial charge in [0.1, 0.15) is 0 Å². The van der Waals surface area contributed by atoms with E-state index >= 15 is 0 Å². The maximum Gasteiger partial charge on any atom is 0.246 e. The summed E-state index contributed by atoms with van der Waals surface area (Å²) in [6, 6.07) is 11.4. The van der Waals surface area contributed by atoms with E-state index in [9.17, 15) is 4.79 Å². The third-order valence-electron chi connectivity index (χ3n) is 4.01. The molecule has 1 saturated heterocycles. The molecule has 1 amide bonds. The molecule has 0 radical (unpaired) electrons. The van der Waals surface area contributed by atoms with Gasteiger partial charge in [0, 0.05) is 37.3 Å². The molecular formula is C18H19ClN4O. The summed E-state index contributed by atoms with van der Waals surface area (Å²) in [5, 5.41) is 8.93. The van der Waals surface area contributed by atoms with Crippen LogP contribution in [0.25, 0.3) is 6.08 Å². The highest BCUT2D eigenvalue weighted by atomic mass is 35.5. The van der Waals surface area contributed by atoms with Crippen molar-refractivity contribution in [1.29, 1.82) is 0 Å². The second-order valence-electron chi connectivity index (χ2n) is 5.70. The van der Waals surface area contributed by atoms with E-state index in [1.807, 2.05) is 48.2 Å². The number of anilines is 1. The highest BCUT2D eigenvalue weighted by Gasteiger charge is 2.20. The van der Waals surface area contributed by atoms with Crippen LogP contribution in [0.2, 0.25) is 5.02 Å². The lowest BCUT2D eigenvalue weighted by Gasteiger charge is -2.34. The average molecular weight is 343 g/mol. The zero-order valence-corrected chi connectivity index (χ0v) is 14.3. The number of hydrogen-bond acceptors (Lipinski definition) is 4. The summed E-state index contributed by atoms with van der Waals surface area (Å²) in [6.07, 6.45) is 3.35. The van der Waals surface area contributed by atoms with E-state index < -0.39 is 0 Å². The molecule has 24 heavy (non-hydrogen) atoms. The first-order valence-electron chi connectivity index (χ1n) is 7.90. The Hall–Kier alpha value is -2.40. The second kappa shape index (κ2) is 7.45. The minimum atomic E-state index is 0.00422. The number of piperazine rings is 1. The molecule has 0 unspecified atom stereocenters. The molecule has 1 aromatic carbocycles. The van der Waals surface area contributed by atoms with E-state index in [1.165, 1.54) is 0 Å². The highest BCUT2D eigenvalue weighted by Crippen LogP contribution is 2.17. The van der Waals surface area contributed by atoms with Gasteiger partial charge < -0.3 is 9.80 Å². The number of aromatic nitrogens is 2. The predicted molar refractivity (Wildman–Crippen MR) is 96.0 cm³/mol. The van der Waals surface area contributed by atoms with Crippen molar-refractivity contribution in [1.82, 2.24) is 15.1 Å². The fourth-order valence-corrected chi connectivity index (χ4v) is 2.79. The molecule has 3 rings (SSSR count). The second-order valence-corrected chi connectivity index (χ2v) is 6.11. The smallest absolute Gasteiger partial charge is 0.246 e. The van der Waals surface area contributed by atoms with E-state index in [0.29, 0.717) is 18.1 Å². The molecule has 0 atom stereocenters. The Labute approximate surface area is 146 Å². The monoisotopic (exact) mass is 342 g/mol. The molecule has 6 heteroatoms. The number of amides is 1. The summed E-state index contributed by atoms with van der Waals surface area (Å²) >= 11 is 6.10. The highest BCUT2D eigenvalue weighted by molar-refractivity contribution is 6.32. The maximum absolute atomic E-state index is 12.3. The zero-order chi connectivity index (χ0) is 16.9. The van der Waals surface area contributed by atoms with Crippen molar-refractivity contribution in [3.05, 3.63) is 58.8 Å². The van der Waals surface area contributed by atoms with E-state index in [-0.39, 0.29) is 5.91 Å². The summed E-state index contributed by atoms with van der Waals surface area (Å²) in [5.74, 6) is 0.865. The maximum atomic E-state index is 12.3. The van der Waals surface area contributed by atoms with E-state index in [2.05, 4.69) is 15.1 Å². The molecule has 5 nitrogen and oxygen atoms in total. The zero-order valence-electron chi connectivity index (χ0n) is 13.5. The van der Waals surface area contributed by atoms with Crippen molar-refractivity contribution in [2.75, 3.05) is 31.1 Å². The van der Waals surface area contributed by atoms with Gasteiger partial charge in [-0.15, -0.1) is 5.10 Å². The number of hydrogen-bond donors (Lipinski definition) is 0. The first-order valence-corrected chi connectivity index (χ1v) is 8.28. The summed E-state index contributed by atoms with van der Waals surface area (Å²) in [4.78, 5) is 16.3. The van der Waals surface area contributed by atoms with Gasteiger partial charge >= 0.3 is 0 Å². The molecule has 0 N–H and O–H groups in total. The molecule has 0 spiro atoms. The van der Waals surface area contributed by atoms with Gasteiger partial charge in [0.05, 0.1) is 5.69 Å². The van der Waals surface area contributed by atoms with Gasteiger partial charge in [0.15, 0.2) is 5.82 Å². The minimum Gasteiger partial charge on any atom is -0.352 e. The molecule has 0 aliphatic carbocycles. The first-order chi connectivity index (χ1) is 11.6. The molecular weight excluding hydrogens is 324 g/mol. The molecule has 2 heterocycles. The quantitative estimate of drug-likeness (QED) is 0.805. The molecule has 1 aliphatic rings. The van der Waals surface area contributed by atoms with Crippen LogP contribution in [0, 0.1) is 6.92 Å². The summed E-state index contributed by atoms with van der Waals surface area (Å²) in [5.41, 5.74) is 1.75. The SMILES string of the molecule is Cc1ccc(N2CCN(C(=O)/C=C/c3ccccc3Cl)CC2)nn1. The summed E-state index contributed by atoms with van der Waals surface area (Å²) in [6.45, 7) is 4.76. The molecule has 1 aromatic heterocycles. The number of aryl methyl sites for hydroxylation is 1. The third-order valence-corrected chi connectivity index (χ3v) is 4.35. The van der Waals surface area contributed by atoms with Gasteiger partial charge in [-0.05, 0) is 36.8 Å². The standard InChI is InChI=1S/C18H19ClN4O/c1-14-6-8-17(21-20-14)22-10-12-23(13-11-22)18(24)9-7-15-4-2-3-5-16(15)19/h2-9H,10-13H2,1H3/b9-7+. The van der Waals surface area contributed by atoms with Gasteiger partial charge in [-0.1, -0.05) is 29.8 Å². The lowest BCUT2D eigenvalue weighted by Crippen LogP contribution is -2.48. The molecule has 124 valence electrons. The molecule has 1 aliphatic heterocycles. The van der Waals surface area contributed by atoms with Crippen LogP contribution in [0.3, 0.4) is 0 Å². The van der Waals surface area contributed by atoms with Crippen LogP contribution >= 0.6 is 11.6 Å². The van der Waals surface area contributed by atoms with Crippen LogP contribution in [-0.2, 0) is 4.79 Å². The van der Waals surface area contributed by atoms with Crippen LogP contribution in [0.1, 0.15) is 11.3 Å². The average Bonchev–Trinajstić information content (AvgIpc) is 2.62. The Morgan fingerprint density at radius 3 is 2.50 bits per heavy atom. The first kappa shape index (κ1) is 16.5. The van der Waals surface area contributed by atoms with Crippen LogP contribution in [0.5, 0.6) is 0 Å². The Balaban J connectivity index is 1.57. The van der Waals surface area contributed by atoms with Gasteiger partial charge in [-0.3, -0.25) is 4.79 Å². The van der Waals surface area contributed by atoms with Crippen LogP contribution < -0.4 is 4.90 Å². The van der Waals surface area contributed by atoms with Gasteiger partial charge in [-0.25, -0.2) is 0 Å². The normalized spacial score (nSPS) is 15.1.